The Kier molecular flexibility index (Phi) is 4.82. The van der Waals surface area contributed by atoms with Crippen molar-refractivity contribution >= 4 is 34.4 Å². The Bertz CT molecular complexity index is 1230. The Hall–Kier alpha value is -3.60. The molecular formula is C25H24N2O3. The van der Waals surface area contributed by atoms with Gasteiger partial charge in [-0.2, -0.15) is 0 Å². The van der Waals surface area contributed by atoms with Gasteiger partial charge in [0.15, 0.2) is 0 Å². The first-order valence-corrected chi connectivity index (χ1v) is 9.93. The molecule has 1 atom stereocenters. The number of phenols is 1. The van der Waals surface area contributed by atoms with Gasteiger partial charge in [0, 0.05) is 35.1 Å². The fourth-order valence-corrected chi connectivity index (χ4v) is 4.22. The monoisotopic (exact) mass is 400 g/mol. The number of amides is 2. The molecule has 0 aliphatic carbocycles. The molecule has 0 fully saturated rings. The van der Waals surface area contributed by atoms with E-state index in [1.807, 2.05) is 37.3 Å². The van der Waals surface area contributed by atoms with Crippen molar-refractivity contribution in [2.75, 3.05) is 11.4 Å². The van der Waals surface area contributed by atoms with Gasteiger partial charge in [0.25, 0.3) is 5.91 Å². The zero-order valence-corrected chi connectivity index (χ0v) is 17.3. The highest BCUT2D eigenvalue weighted by Crippen LogP contribution is 2.44. The van der Waals surface area contributed by atoms with E-state index < -0.39 is 5.91 Å². The molecule has 5 nitrogen and oxygen atoms in total. The molecule has 0 saturated carbocycles. The SMILES string of the molecule is C/C(=C\c1cc(C(N)=O)ccc1C)C(=O)N1C[C@@H](C)c2c1cc(O)c1ccccc21. The Labute approximate surface area is 175 Å². The van der Waals surface area contributed by atoms with Crippen molar-refractivity contribution in [2.45, 2.75) is 26.7 Å². The number of nitrogens with zero attached hydrogens (tertiary/aromatic N) is 1. The van der Waals surface area contributed by atoms with Crippen LogP contribution in [0.3, 0.4) is 0 Å². The second-order valence-corrected chi connectivity index (χ2v) is 7.95. The van der Waals surface area contributed by atoms with Crippen LogP contribution in [0.15, 0.2) is 54.1 Å². The van der Waals surface area contributed by atoms with Crippen LogP contribution in [-0.4, -0.2) is 23.5 Å². The molecule has 1 aliphatic heterocycles. The quantitative estimate of drug-likeness (QED) is 0.635. The number of primary amides is 1. The first-order chi connectivity index (χ1) is 14.3. The largest absolute Gasteiger partial charge is 0.507 e. The number of aryl methyl sites for hydroxylation is 1. The Morgan fingerprint density at radius 3 is 2.53 bits per heavy atom. The second-order valence-electron chi connectivity index (χ2n) is 7.95. The van der Waals surface area contributed by atoms with Gasteiger partial charge in [-0.1, -0.05) is 37.3 Å². The number of benzene rings is 3. The Morgan fingerprint density at radius 1 is 1.13 bits per heavy atom. The van der Waals surface area contributed by atoms with Gasteiger partial charge in [-0.05, 0) is 54.1 Å². The maximum atomic E-state index is 13.3. The predicted octanol–water partition coefficient (Wildman–Crippen LogP) is 4.51. The van der Waals surface area contributed by atoms with E-state index in [0.29, 0.717) is 17.7 Å². The minimum Gasteiger partial charge on any atom is -0.507 e. The molecule has 0 aromatic heterocycles. The molecule has 5 heteroatoms. The second kappa shape index (κ2) is 7.34. The lowest BCUT2D eigenvalue weighted by Crippen LogP contribution is -2.30. The van der Waals surface area contributed by atoms with Crippen molar-refractivity contribution in [3.05, 3.63) is 76.4 Å². The van der Waals surface area contributed by atoms with Gasteiger partial charge < -0.3 is 15.7 Å². The molecule has 0 unspecified atom stereocenters. The van der Waals surface area contributed by atoms with Crippen LogP contribution in [0.25, 0.3) is 16.8 Å². The highest BCUT2D eigenvalue weighted by atomic mass is 16.3. The number of carbonyl (C=O) groups is 2. The third kappa shape index (κ3) is 3.22. The van der Waals surface area contributed by atoms with Crippen molar-refractivity contribution in [3.63, 3.8) is 0 Å². The lowest BCUT2D eigenvalue weighted by atomic mass is 9.95. The molecule has 1 aliphatic rings. The summed E-state index contributed by atoms with van der Waals surface area (Å²) in [5.41, 5.74) is 9.91. The van der Waals surface area contributed by atoms with Crippen LogP contribution in [0.2, 0.25) is 0 Å². The lowest BCUT2D eigenvalue weighted by molar-refractivity contribution is -0.115. The first kappa shape index (κ1) is 19.7. The molecule has 3 aromatic rings. The van der Waals surface area contributed by atoms with E-state index in [0.717, 1.165) is 33.2 Å². The zero-order chi connectivity index (χ0) is 21.6. The summed E-state index contributed by atoms with van der Waals surface area (Å²) in [5, 5.41) is 12.3. The van der Waals surface area contributed by atoms with Gasteiger partial charge in [0.1, 0.15) is 5.75 Å². The minimum atomic E-state index is -0.502. The molecule has 152 valence electrons. The molecule has 0 saturated heterocycles. The Morgan fingerprint density at radius 2 is 1.83 bits per heavy atom. The minimum absolute atomic E-state index is 0.126. The van der Waals surface area contributed by atoms with E-state index in [1.165, 1.54) is 0 Å². The van der Waals surface area contributed by atoms with E-state index in [9.17, 15) is 14.7 Å². The van der Waals surface area contributed by atoms with Gasteiger partial charge >= 0.3 is 0 Å². The van der Waals surface area contributed by atoms with Crippen molar-refractivity contribution < 1.29 is 14.7 Å². The predicted molar refractivity (Wildman–Crippen MR) is 120 cm³/mol. The number of nitrogens with two attached hydrogens (primary N) is 1. The molecular weight excluding hydrogens is 376 g/mol. The molecule has 0 radical (unpaired) electrons. The van der Waals surface area contributed by atoms with Crippen molar-refractivity contribution in [2.24, 2.45) is 5.73 Å². The number of fused-ring (bicyclic) bond motifs is 3. The molecule has 3 N–H and O–H groups in total. The van der Waals surface area contributed by atoms with Crippen LogP contribution in [0.5, 0.6) is 5.75 Å². The van der Waals surface area contributed by atoms with Gasteiger partial charge in [-0.25, -0.2) is 0 Å². The average Bonchev–Trinajstić information content (AvgIpc) is 3.05. The average molecular weight is 400 g/mol. The van der Waals surface area contributed by atoms with E-state index in [1.54, 1.807) is 36.1 Å². The summed E-state index contributed by atoms with van der Waals surface area (Å²) in [5.74, 6) is -0.303. The highest BCUT2D eigenvalue weighted by molar-refractivity contribution is 6.11. The van der Waals surface area contributed by atoms with Gasteiger partial charge in [0.05, 0.1) is 5.69 Å². The standard InChI is InChI=1S/C25H24N2O3/c1-14-8-9-17(24(26)29)11-18(14)10-15(2)25(30)27-13-16(3)23-20-7-5-4-6-19(20)22(28)12-21(23)27/h4-12,16,28H,13H2,1-3H3,(H2,26,29)/b15-10+/t16-/m1/s1. The molecule has 0 spiro atoms. The number of phenolic OH excluding ortho intramolecular Hbond substituents is 1. The van der Waals surface area contributed by atoms with Crippen LogP contribution >= 0.6 is 0 Å². The van der Waals surface area contributed by atoms with Crippen LogP contribution in [0, 0.1) is 6.92 Å². The molecule has 4 rings (SSSR count). The summed E-state index contributed by atoms with van der Waals surface area (Å²) >= 11 is 0. The lowest BCUT2D eigenvalue weighted by Gasteiger charge is -2.19. The summed E-state index contributed by atoms with van der Waals surface area (Å²) in [6, 6.07) is 14.6. The summed E-state index contributed by atoms with van der Waals surface area (Å²) in [7, 11) is 0. The normalized spacial score (nSPS) is 16.0. The summed E-state index contributed by atoms with van der Waals surface area (Å²) in [4.78, 5) is 26.6. The fraction of sp³-hybridized carbons (Fsp3) is 0.200. The fourth-order valence-electron chi connectivity index (χ4n) is 4.22. The van der Waals surface area contributed by atoms with Gasteiger partial charge in [0.2, 0.25) is 5.91 Å². The van der Waals surface area contributed by atoms with Crippen LogP contribution in [0.4, 0.5) is 5.69 Å². The van der Waals surface area contributed by atoms with Gasteiger partial charge in [-0.15, -0.1) is 0 Å². The highest BCUT2D eigenvalue weighted by Gasteiger charge is 2.32. The maximum absolute atomic E-state index is 13.3. The molecule has 1 heterocycles. The smallest absolute Gasteiger partial charge is 0.253 e. The summed E-state index contributed by atoms with van der Waals surface area (Å²) < 4.78 is 0. The number of hydrogen-bond acceptors (Lipinski definition) is 3. The van der Waals surface area contributed by atoms with E-state index in [4.69, 9.17) is 5.73 Å². The number of rotatable bonds is 3. The number of carbonyl (C=O) groups excluding carboxylic acids is 2. The van der Waals surface area contributed by atoms with E-state index in [2.05, 4.69) is 6.92 Å². The van der Waals surface area contributed by atoms with E-state index in [-0.39, 0.29) is 17.6 Å². The van der Waals surface area contributed by atoms with Crippen molar-refractivity contribution in [1.82, 2.24) is 0 Å². The van der Waals surface area contributed by atoms with Crippen LogP contribution in [0.1, 0.15) is 46.8 Å². The van der Waals surface area contributed by atoms with Crippen LogP contribution < -0.4 is 10.6 Å². The molecule has 2 amide bonds. The third-order valence-corrected chi connectivity index (χ3v) is 5.80. The number of anilines is 1. The van der Waals surface area contributed by atoms with Crippen molar-refractivity contribution in [1.29, 1.82) is 0 Å². The molecule has 0 bridgehead atoms. The van der Waals surface area contributed by atoms with Gasteiger partial charge in [-0.3, -0.25) is 9.59 Å². The van der Waals surface area contributed by atoms with Crippen LogP contribution in [-0.2, 0) is 4.79 Å². The summed E-state index contributed by atoms with van der Waals surface area (Å²) in [6.45, 7) is 6.33. The number of hydrogen-bond donors (Lipinski definition) is 2. The molecule has 3 aromatic carbocycles. The van der Waals surface area contributed by atoms with E-state index >= 15 is 0 Å². The molecule has 30 heavy (non-hydrogen) atoms. The topological polar surface area (TPSA) is 83.6 Å². The maximum Gasteiger partial charge on any atom is 0.253 e. The Balaban J connectivity index is 1.75. The summed E-state index contributed by atoms with van der Waals surface area (Å²) in [6.07, 6.45) is 1.79. The first-order valence-electron chi connectivity index (χ1n) is 9.93. The van der Waals surface area contributed by atoms with Crippen molar-refractivity contribution in [3.8, 4) is 5.75 Å². The third-order valence-electron chi connectivity index (χ3n) is 5.80. The number of aromatic hydroxyl groups is 1. The zero-order valence-electron chi connectivity index (χ0n) is 17.3.